The monoisotopic (exact) mass is 1160 g/mol. The van der Waals surface area contributed by atoms with E-state index in [4.69, 9.17) is 23.3 Å². The molecule has 0 amide bonds. The van der Waals surface area contributed by atoms with E-state index < -0.39 is 57.8 Å². The smallest absolute Gasteiger partial charge is 0.462 e. The van der Waals surface area contributed by atoms with Gasteiger partial charge >= 0.3 is 25.7 Å². The molecule has 0 aliphatic heterocycles. The molecule has 12 heteroatoms. The van der Waals surface area contributed by atoms with Crippen molar-refractivity contribution < 1.29 is 52.2 Å². The van der Waals surface area contributed by atoms with Crippen molar-refractivity contribution in [2.24, 2.45) is 0 Å². The van der Waals surface area contributed by atoms with Gasteiger partial charge in [0.1, 0.15) is 12.7 Å². The summed E-state index contributed by atoms with van der Waals surface area (Å²) in [5.74, 6) is -1.53. The van der Waals surface area contributed by atoms with E-state index in [0.717, 1.165) is 141 Å². The molecule has 0 saturated carbocycles. The fraction of sp³-hybridized carbons (Fsp3) is 0.671. The van der Waals surface area contributed by atoms with Crippen LogP contribution in [0.15, 0.2) is 122 Å². The first-order valence-electron chi connectivity index (χ1n) is 32.4. The minimum absolute atomic E-state index is 0.119. The molecule has 82 heavy (non-hydrogen) atoms. The molecule has 2 N–H and O–H groups in total. The molecule has 0 rings (SSSR count). The molecule has 0 aromatic heterocycles. The molecule has 0 spiro atoms. The first-order chi connectivity index (χ1) is 40.2. The highest BCUT2D eigenvalue weighted by Gasteiger charge is 2.28. The van der Waals surface area contributed by atoms with Gasteiger partial charge in [0.15, 0.2) is 6.10 Å². The molecule has 0 saturated heterocycles. The summed E-state index contributed by atoms with van der Waals surface area (Å²) in [6.07, 6.45) is 78.6. The van der Waals surface area contributed by atoms with E-state index in [1.54, 1.807) is 0 Å². The van der Waals surface area contributed by atoms with Crippen LogP contribution in [0.1, 0.15) is 265 Å². The van der Waals surface area contributed by atoms with Crippen LogP contribution in [0.2, 0.25) is 0 Å². The van der Waals surface area contributed by atoms with Crippen molar-refractivity contribution in [1.82, 2.24) is 0 Å². The number of esters is 3. The molecule has 0 aliphatic rings. The third-order valence-corrected chi connectivity index (χ3v) is 14.3. The van der Waals surface area contributed by atoms with Gasteiger partial charge in [-0.05, 0) is 128 Å². The highest BCUT2D eigenvalue weighted by atomic mass is 31.2. The number of carbonyl (C=O) groups is 3. The van der Waals surface area contributed by atoms with E-state index in [-0.39, 0.29) is 25.9 Å². The largest absolute Gasteiger partial charge is 0.472 e. The van der Waals surface area contributed by atoms with Crippen molar-refractivity contribution in [3.8, 4) is 0 Å². The molecule has 11 nitrogen and oxygen atoms in total. The van der Waals surface area contributed by atoms with Gasteiger partial charge in [-0.15, -0.1) is 0 Å². The summed E-state index contributed by atoms with van der Waals surface area (Å²) >= 11 is 0. The number of phosphoric ester groups is 1. The number of unbranched alkanes of at least 4 members (excludes halogenated alkanes) is 22. The van der Waals surface area contributed by atoms with Crippen LogP contribution in [-0.2, 0) is 42.2 Å². The number of hydrogen-bond acceptors (Lipinski definition) is 10. The zero-order valence-electron chi connectivity index (χ0n) is 51.9. The summed E-state index contributed by atoms with van der Waals surface area (Å²) in [7, 11) is -4.78. The number of aliphatic hydroxyl groups is 1. The molecule has 0 aromatic carbocycles. The first-order valence-corrected chi connectivity index (χ1v) is 33.9. The first kappa shape index (κ1) is 77.9. The van der Waals surface area contributed by atoms with E-state index >= 15 is 0 Å². The maximum Gasteiger partial charge on any atom is 0.472 e. The molecular formula is C70H117O11P. The van der Waals surface area contributed by atoms with E-state index in [1.165, 1.54) is 64.2 Å². The van der Waals surface area contributed by atoms with Crippen LogP contribution in [0.5, 0.6) is 0 Å². The Bertz CT molecular complexity index is 1840. The van der Waals surface area contributed by atoms with Crippen molar-refractivity contribution in [3.63, 3.8) is 0 Å². The SMILES string of the molecule is CC/C=C\C/C=C\C/C=C\C/C=C\C/C=C\CCCCCC(=O)OC(COC(=O)CCCCCCCC/C=C\C/C=C\C/C=C\C/C=C\CC)COP(=O)(O)OCC(CO)OC(=O)CCCCCCCCC/C=C\CCCCCCCC. The maximum absolute atomic E-state index is 13.0. The lowest BCUT2D eigenvalue weighted by atomic mass is 10.1. The Morgan fingerprint density at radius 2 is 0.634 bits per heavy atom. The Morgan fingerprint density at radius 3 is 1.00 bits per heavy atom. The molecule has 0 radical (unpaired) electrons. The predicted molar refractivity (Wildman–Crippen MR) is 343 cm³/mol. The minimum Gasteiger partial charge on any atom is -0.462 e. The zero-order valence-corrected chi connectivity index (χ0v) is 52.8. The van der Waals surface area contributed by atoms with Crippen molar-refractivity contribution in [3.05, 3.63) is 122 Å². The van der Waals surface area contributed by atoms with Gasteiger partial charge in [0.25, 0.3) is 0 Å². The van der Waals surface area contributed by atoms with Crippen LogP contribution < -0.4 is 0 Å². The minimum atomic E-state index is -4.78. The average molecular weight is 1170 g/mol. The van der Waals surface area contributed by atoms with E-state index in [0.29, 0.717) is 19.3 Å². The summed E-state index contributed by atoms with van der Waals surface area (Å²) in [5.41, 5.74) is 0. The lowest BCUT2D eigenvalue weighted by Crippen LogP contribution is -2.30. The fourth-order valence-corrected chi connectivity index (χ4v) is 9.27. The molecule has 0 bridgehead atoms. The normalized spacial score (nSPS) is 14.1. The van der Waals surface area contributed by atoms with Crippen LogP contribution in [0, 0.1) is 0 Å². The van der Waals surface area contributed by atoms with Crippen LogP contribution in [0.4, 0.5) is 0 Å². The van der Waals surface area contributed by atoms with Gasteiger partial charge in [0, 0.05) is 19.3 Å². The molecule has 0 aromatic rings. The number of phosphoric acid groups is 1. The van der Waals surface area contributed by atoms with Gasteiger partial charge < -0.3 is 24.2 Å². The topological polar surface area (TPSA) is 155 Å². The van der Waals surface area contributed by atoms with Gasteiger partial charge in [0.2, 0.25) is 0 Å². The highest BCUT2D eigenvalue weighted by molar-refractivity contribution is 7.47. The second kappa shape index (κ2) is 62.9. The molecule has 0 fully saturated rings. The number of ether oxygens (including phenoxy) is 3. The molecule has 0 aliphatic carbocycles. The Labute approximate surface area is 500 Å². The molecule has 3 atom stereocenters. The van der Waals surface area contributed by atoms with Gasteiger partial charge in [-0.25, -0.2) is 4.57 Å². The van der Waals surface area contributed by atoms with Gasteiger partial charge in [0.05, 0.1) is 19.8 Å². The fourth-order valence-electron chi connectivity index (χ4n) is 8.49. The number of aliphatic hydroxyl groups excluding tert-OH is 1. The van der Waals surface area contributed by atoms with Gasteiger partial charge in [-0.1, -0.05) is 239 Å². The zero-order chi connectivity index (χ0) is 59.8. The van der Waals surface area contributed by atoms with E-state index in [9.17, 15) is 28.9 Å². The number of allylic oxidation sites excluding steroid dienone is 20. The molecule has 0 heterocycles. The molecule has 3 unspecified atom stereocenters. The lowest BCUT2D eigenvalue weighted by molar-refractivity contribution is -0.161. The number of carbonyl (C=O) groups excluding carboxylic acids is 3. The molecular weight excluding hydrogens is 1050 g/mol. The summed E-state index contributed by atoms with van der Waals surface area (Å²) in [6.45, 7) is 4.37. The van der Waals surface area contributed by atoms with Gasteiger partial charge in [-0.2, -0.15) is 0 Å². The summed E-state index contributed by atoms with van der Waals surface area (Å²) in [5, 5.41) is 9.86. The maximum atomic E-state index is 13.0. The van der Waals surface area contributed by atoms with Crippen LogP contribution in [0.3, 0.4) is 0 Å². The van der Waals surface area contributed by atoms with Crippen molar-refractivity contribution >= 4 is 25.7 Å². The third kappa shape index (κ3) is 60.5. The van der Waals surface area contributed by atoms with Crippen molar-refractivity contribution in [2.75, 3.05) is 26.4 Å². The number of hydrogen-bond donors (Lipinski definition) is 2. The Morgan fingerprint density at radius 1 is 0.354 bits per heavy atom. The second-order valence-electron chi connectivity index (χ2n) is 21.2. The van der Waals surface area contributed by atoms with Crippen molar-refractivity contribution in [2.45, 2.75) is 277 Å². The second-order valence-corrected chi connectivity index (χ2v) is 22.6. The number of rotatable bonds is 59. The van der Waals surface area contributed by atoms with Gasteiger partial charge in [-0.3, -0.25) is 23.4 Å². The lowest BCUT2D eigenvalue weighted by Gasteiger charge is -2.21. The highest BCUT2D eigenvalue weighted by Crippen LogP contribution is 2.43. The van der Waals surface area contributed by atoms with E-state index in [1.807, 2.05) is 0 Å². The van der Waals surface area contributed by atoms with E-state index in [2.05, 4.69) is 142 Å². The van der Waals surface area contributed by atoms with Crippen LogP contribution in [-0.4, -0.2) is 66.5 Å². The Hall–Kier alpha value is -4.12. The Kier molecular flexibility index (Phi) is 59.8. The standard InChI is InChI=1S/C70H117O11P/c1-4-7-10-13-16-19-22-25-28-31-33-36-38-41-44-47-50-53-56-59-68(72)77-63-67(81-70(74)61-58-55-52-49-46-43-40-37-34-32-29-26-23-20-17-14-11-8-5-2)65-79-82(75,76)78-64-66(62-71)80-69(73)60-57-54-51-48-45-42-39-35-30-27-24-21-18-15-12-9-6-3/h7-8,10-11,16-17,19-20,25-30,33-34,36-37,43,46,66-67,71H,4-6,9,12-15,18,21-24,31-32,35,38-42,44-45,47-65H2,1-3H3,(H,75,76)/b10-7-,11-8-,19-16-,20-17-,28-25-,29-26-,30-27-,36-33-,37-34-,46-43-. The quantitative estimate of drug-likeness (QED) is 0.0197. The average Bonchev–Trinajstić information content (AvgIpc) is 3.50. The summed E-state index contributed by atoms with van der Waals surface area (Å²) in [6, 6.07) is 0. The third-order valence-electron chi connectivity index (χ3n) is 13.3. The predicted octanol–water partition coefficient (Wildman–Crippen LogP) is 19.9. The summed E-state index contributed by atoms with van der Waals surface area (Å²) in [4.78, 5) is 48.8. The van der Waals surface area contributed by atoms with Crippen molar-refractivity contribution in [1.29, 1.82) is 0 Å². The molecule has 468 valence electrons. The summed E-state index contributed by atoms with van der Waals surface area (Å²) < 4.78 is 39.7. The van der Waals surface area contributed by atoms with Crippen LogP contribution >= 0.6 is 7.82 Å². The Balaban J connectivity index is 4.80. The van der Waals surface area contributed by atoms with Crippen LogP contribution in [0.25, 0.3) is 0 Å².